The van der Waals surface area contributed by atoms with Crippen molar-refractivity contribution in [2.24, 2.45) is 0 Å². The molecular formula is C16H19ClN2. The fraction of sp³-hybridized carbons (Fsp3) is 0.250. The Labute approximate surface area is 120 Å². The molecule has 2 aromatic rings. The molecule has 1 aliphatic rings. The van der Waals surface area contributed by atoms with Gasteiger partial charge in [0.05, 0.1) is 0 Å². The van der Waals surface area contributed by atoms with E-state index in [1.807, 2.05) is 7.05 Å². The molecule has 1 aliphatic heterocycles. The van der Waals surface area contributed by atoms with Gasteiger partial charge >= 0.3 is 0 Å². The summed E-state index contributed by atoms with van der Waals surface area (Å²) in [7, 11) is 1.98. The highest BCUT2D eigenvalue weighted by Crippen LogP contribution is 2.34. The number of benzene rings is 2. The van der Waals surface area contributed by atoms with E-state index in [0.717, 1.165) is 19.5 Å². The van der Waals surface area contributed by atoms with E-state index in [9.17, 15) is 0 Å². The maximum absolute atomic E-state index is 3.20. The SMILES string of the molecule is CNCc1cccc(N2CCc3ccccc32)c1.Cl. The van der Waals surface area contributed by atoms with E-state index in [-0.39, 0.29) is 12.4 Å². The monoisotopic (exact) mass is 274 g/mol. The molecular weight excluding hydrogens is 256 g/mol. The molecule has 0 fully saturated rings. The molecule has 1 N–H and O–H groups in total. The lowest BCUT2D eigenvalue weighted by molar-refractivity contribution is 0.817. The maximum Gasteiger partial charge on any atom is 0.0444 e. The maximum atomic E-state index is 3.20. The predicted octanol–water partition coefficient (Wildman–Crippen LogP) is 3.52. The molecule has 2 nitrogen and oxygen atoms in total. The summed E-state index contributed by atoms with van der Waals surface area (Å²) in [6, 6.07) is 17.5. The van der Waals surface area contributed by atoms with Crippen LogP contribution < -0.4 is 10.2 Å². The van der Waals surface area contributed by atoms with Crippen LogP contribution in [0.3, 0.4) is 0 Å². The first-order valence-electron chi connectivity index (χ1n) is 6.47. The third-order valence-electron chi connectivity index (χ3n) is 3.49. The van der Waals surface area contributed by atoms with E-state index >= 15 is 0 Å². The van der Waals surface area contributed by atoms with Crippen LogP contribution in [-0.4, -0.2) is 13.6 Å². The molecule has 0 saturated carbocycles. The van der Waals surface area contributed by atoms with Crippen LogP contribution in [0.4, 0.5) is 11.4 Å². The number of anilines is 2. The Bertz CT molecular complexity index is 554. The topological polar surface area (TPSA) is 15.3 Å². The molecule has 3 rings (SSSR count). The van der Waals surface area contributed by atoms with Crippen LogP contribution in [-0.2, 0) is 13.0 Å². The van der Waals surface area contributed by atoms with Crippen LogP contribution in [0.1, 0.15) is 11.1 Å². The third kappa shape index (κ3) is 2.75. The van der Waals surface area contributed by atoms with Crippen LogP contribution in [0.25, 0.3) is 0 Å². The molecule has 2 aromatic carbocycles. The zero-order valence-electron chi connectivity index (χ0n) is 11.1. The van der Waals surface area contributed by atoms with Gasteiger partial charge in [-0.2, -0.15) is 0 Å². The lowest BCUT2D eigenvalue weighted by Gasteiger charge is -2.20. The van der Waals surface area contributed by atoms with Gasteiger partial charge in [-0.1, -0.05) is 30.3 Å². The Hall–Kier alpha value is -1.51. The summed E-state index contributed by atoms with van der Waals surface area (Å²) in [4.78, 5) is 2.41. The number of nitrogens with zero attached hydrogens (tertiary/aromatic N) is 1. The van der Waals surface area contributed by atoms with Gasteiger partial charge in [0, 0.05) is 24.5 Å². The standard InChI is InChI=1S/C16H18N2.ClH/c1-17-12-13-5-4-7-15(11-13)18-10-9-14-6-2-3-8-16(14)18;/h2-8,11,17H,9-10,12H2,1H3;1H. The average molecular weight is 275 g/mol. The van der Waals surface area contributed by atoms with Crippen molar-refractivity contribution >= 4 is 23.8 Å². The van der Waals surface area contributed by atoms with Crippen LogP contribution in [0.15, 0.2) is 48.5 Å². The van der Waals surface area contributed by atoms with E-state index in [2.05, 4.69) is 58.7 Å². The van der Waals surface area contributed by atoms with E-state index in [1.54, 1.807) is 0 Å². The van der Waals surface area contributed by atoms with Gasteiger partial charge < -0.3 is 10.2 Å². The minimum atomic E-state index is 0. The molecule has 0 saturated heterocycles. The second kappa shape index (κ2) is 6.09. The van der Waals surface area contributed by atoms with E-state index < -0.39 is 0 Å². The molecule has 3 heteroatoms. The van der Waals surface area contributed by atoms with Crippen LogP contribution in [0.2, 0.25) is 0 Å². The third-order valence-corrected chi connectivity index (χ3v) is 3.49. The lowest BCUT2D eigenvalue weighted by Crippen LogP contribution is -2.14. The van der Waals surface area contributed by atoms with Crippen molar-refractivity contribution in [2.45, 2.75) is 13.0 Å². The second-order valence-electron chi connectivity index (χ2n) is 4.73. The molecule has 1 heterocycles. The summed E-state index contributed by atoms with van der Waals surface area (Å²) < 4.78 is 0. The molecule has 0 radical (unpaired) electrons. The second-order valence-corrected chi connectivity index (χ2v) is 4.73. The minimum Gasteiger partial charge on any atom is -0.341 e. The van der Waals surface area contributed by atoms with E-state index in [0.29, 0.717) is 0 Å². The molecule has 100 valence electrons. The average Bonchev–Trinajstić information content (AvgIpc) is 2.83. The van der Waals surface area contributed by atoms with Crippen molar-refractivity contribution in [3.8, 4) is 0 Å². The fourth-order valence-electron chi connectivity index (χ4n) is 2.64. The zero-order chi connectivity index (χ0) is 12.4. The van der Waals surface area contributed by atoms with Crippen molar-refractivity contribution in [3.05, 3.63) is 59.7 Å². The Morgan fingerprint density at radius 1 is 1.11 bits per heavy atom. The molecule has 0 unspecified atom stereocenters. The van der Waals surface area contributed by atoms with Gasteiger partial charge in [-0.3, -0.25) is 0 Å². The largest absolute Gasteiger partial charge is 0.341 e. The van der Waals surface area contributed by atoms with Gasteiger partial charge in [-0.05, 0) is 42.8 Å². The molecule has 0 aliphatic carbocycles. The fourth-order valence-corrected chi connectivity index (χ4v) is 2.64. The first-order valence-corrected chi connectivity index (χ1v) is 6.47. The normalized spacial score (nSPS) is 13.0. The number of para-hydroxylation sites is 1. The van der Waals surface area contributed by atoms with Crippen LogP contribution in [0, 0.1) is 0 Å². The Balaban J connectivity index is 0.00000133. The summed E-state index contributed by atoms with van der Waals surface area (Å²) in [6.07, 6.45) is 1.15. The minimum absolute atomic E-state index is 0. The van der Waals surface area contributed by atoms with Crippen molar-refractivity contribution in [1.82, 2.24) is 5.32 Å². The van der Waals surface area contributed by atoms with Gasteiger partial charge in [-0.15, -0.1) is 12.4 Å². The Morgan fingerprint density at radius 2 is 1.95 bits per heavy atom. The number of fused-ring (bicyclic) bond motifs is 1. The quantitative estimate of drug-likeness (QED) is 0.921. The Morgan fingerprint density at radius 3 is 2.79 bits per heavy atom. The summed E-state index contributed by atoms with van der Waals surface area (Å²) >= 11 is 0. The molecule has 0 amide bonds. The smallest absolute Gasteiger partial charge is 0.0444 e. The van der Waals surface area contributed by atoms with E-state index in [1.165, 1.54) is 22.5 Å². The number of nitrogens with one attached hydrogen (secondary N) is 1. The summed E-state index contributed by atoms with van der Waals surface area (Å²) in [6.45, 7) is 2.01. The van der Waals surface area contributed by atoms with E-state index in [4.69, 9.17) is 0 Å². The number of hydrogen-bond donors (Lipinski definition) is 1. The molecule has 0 spiro atoms. The van der Waals surface area contributed by atoms with Crippen LogP contribution in [0.5, 0.6) is 0 Å². The summed E-state index contributed by atoms with van der Waals surface area (Å²) in [5.74, 6) is 0. The lowest BCUT2D eigenvalue weighted by atomic mass is 10.1. The Kier molecular flexibility index (Phi) is 4.46. The van der Waals surface area contributed by atoms with Gasteiger partial charge in [0.25, 0.3) is 0 Å². The highest BCUT2D eigenvalue weighted by atomic mass is 35.5. The molecule has 19 heavy (non-hydrogen) atoms. The molecule has 0 aromatic heterocycles. The van der Waals surface area contributed by atoms with Gasteiger partial charge in [0.15, 0.2) is 0 Å². The first-order chi connectivity index (χ1) is 8.88. The van der Waals surface area contributed by atoms with Gasteiger partial charge in [-0.25, -0.2) is 0 Å². The molecule has 0 atom stereocenters. The molecule has 0 bridgehead atoms. The summed E-state index contributed by atoms with van der Waals surface area (Å²) in [5.41, 5.74) is 5.45. The summed E-state index contributed by atoms with van der Waals surface area (Å²) in [5, 5.41) is 3.20. The van der Waals surface area contributed by atoms with Crippen molar-refractivity contribution in [3.63, 3.8) is 0 Å². The zero-order valence-corrected chi connectivity index (χ0v) is 11.9. The van der Waals surface area contributed by atoms with Crippen molar-refractivity contribution in [2.75, 3.05) is 18.5 Å². The van der Waals surface area contributed by atoms with Crippen LogP contribution >= 0.6 is 12.4 Å². The van der Waals surface area contributed by atoms with Crippen molar-refractivity contribution < 1.29 is 0 Å². The number of hydrogen-bond acceptors (Lipinski definition) is 2. The van der Waals surface area contributed by atoms with Gasteiger partial charge in [0.1, 0.15) is 0 Å². The van der Waals surface area contributed by atoms with Gasteiger partial charge in [0.2, 0.25) is 0 Å². The number of halogens is 1. The number of rotatable bonds is 3. The highest BCUT2D eigenvalue weighted by Gasteiger charge is 2.19. The predicted molar refractivity (Wildman–Crippen MR) is 83.6 cm³/mol. The first kappa shape index (κ1) is 13.9. The highest BCUT2D eigenvalue weighted by molar-refractivity contribution is 5.85. The van der Waals surface area contributed by atoms with Crippen molar-refractivity contribution in [1.29, 1.82) is 0 Å².